The van der Waals surface area contributed by atoms with Crippen molar-refractivity contribution in [3.05, 3.63) is 53.1 Å². The van der Waals surface area contributed by atoms with Gasteiger partial charge in [-0.05, 0) is 50.1 Å². The largest absolute Gasteiger partial charge is 0.374 e. The van der Waals surface area contributed by atoms with Gasteiger partial charge >= 0.3 is 0 Å². The maximum atomic E-state index is 12.4. The van der Waals surface area contributed by atoms with Gasteiger partial charge in [0.2, 0.25) is 11.8 Å². The summed E-state index contributed by atoms with van der Waals surface area (Å²) >= 11 is 6.08. The summed E-state index contributed by atoms with van der Waals surface area (Å²) in [6, 6.07) is 12.2. The van der Waals surface area contributed by atoms with E-state index in [0.29, 0.717) is 17.1 Å². The number of carbonyl (C=O) groups is 2. The molecule has 2 amide bonds. The molecule has 0 fully saturated rings. The number of anilines is 3. The van der Waals surface area contributed by atoms with Crippen LogP contribution in [0, 0.1) is 6.92 Å². The Morgan fingerprint density at radius 3 is 2.35 bits per heavy atom. The van der Waals surface area contributed by atoms with E-state index in [2.05, 4.69) is 16.0 Å². The molecular formula is C20H24ClN3O2. The van der Waals surface area contributed by atoms with Gasteiger partial charge in [0, 0.05) is 17.8 Å². The highest BCUT2D eigenvalue weighted by Gasteiger charge is 2.16. The Labute approximate surface area is 159 Å². The molecule has 3 N–H and O–H groups in total. The zero-order valence-corrected chi connectivity index (χ0v) is 16.0. The fourth-order valence-corrected chi connectivity index (χ4v) is 2.65. The fourth-order valence-electron chi connectivity index (χ4n) is 2.47. The van der Waals surface area contributed by atoms with E-state index in [1.54, 1.807) is 25.1 Å². The summed E-state index contributed by atoms with van der Waals surface area (Å²) in [6.45, 7) is 5.64. The minimum Gasteiger partial charge on any atom is -0.374 e. The van der Waals surface area contributed by atoms with Crippen LogP contribution in [0.1, 0.15) is 32.3 Å². The van der Waals surface area contributed by atoms with E-state index in [0.717, 1.165) is 23.4 Å². The number of benzene rings is 2. The Morgan fingerprint density at radius 2 is 1.65 bits per heavy atom. The molecule has 0 aliphatic carbocycles. The highest BCUT2D eigenvalue weighted by molar-refractivity contribution is 6.33. The van der Waals surface area contributed by atoms with Gasteiger partial charge in [0.1, 0.15) is 6.04 Å². The molecule has 0 unspecified atom stereocenters. The van der Waals surface area contributed by atoms with Gasteiger partial charge in [-0.1, -0.05) is 36.7 Å². The molecule has 2 rings (SSSR count). The minimum absolute atomic E-state index is 0.0164. The quantitative estimate of drug-likeness (QED) is 0.651. The van der Waals surface area contributed by atoms with Crippen molar-refractivity contribution >= 4 is 40.5 Å². The molecule has 138 valence electrons. The van der Waals surface area contributed by atoms with Crippen molar-refractivity contribution in [1.82, 2.24) is 0 Å². The Balaban J connectivity index is 2.06. The molecule has 1 atom stereocenters. The van der Waals surface area contributed by atoms with Crippen LogP contribution < -0.4 is 16.0 Å². The smallest absolute Gasteiger partial charge is 0.246 e. The second kappa shape index (κ2) is 9.25. The van der Waals surface area contributed by atoms with E-state index in [1.165, 1.54) is 0 Å². The van der Waals surface area contributed by atoms with E-state index in [9.17, 15) is 9.59 Å². The van der Waals surface area contributed by atoms with Crippen LogP contribution in [-0.4, -0.2) is 17.9 Å². The summed E-state index contributed by atoms with van der Waals surface area (Å²) < 4.78 is 0. The van der Waals surface area contributed by atoms with E-state index in [-0.39, 0.29) is 11.8 Å². The Hall–Kier alpha value is -2.53. The predicted molar refractivity (Wildman–Crippen MR) is 108 cm³/mol. The van der Waals surface area contributed by atoms with Gasteiger partial charge in [-0.25, -0.2) is 0 Å². The van der Waals surface area contributed by atoms with Crippen molar-refractivity contribution in [3.8, 4) is 0 Å². The molecule has 2 aromatic rings. The number of nitrogens with one attached hydrogen (secondary N) is 3. The maximum absolute atomic E-state index is 12.4. The first-order valence-corrected chi connectivity index (χ1v) is 9.01. The zero-order valence-electron chi connectivity index (χ0n) is 15.2. The van der Waals surface area contributed by atoms with Crippen molar-refractivity contribution in [3.63, 3.8) is 0 Å². The van der Waals surface area contributed by atoms with Crippen molar-refractivity contribution in [2.45, 2.75) is 39.7 Å². The third kappa shape index (κ3) is 5.23. The monoisotopic (exact) mass is 373 g/mol. The van der Waals surface area contributed by atoms with E-state index < -0.39 is 6.04 Å². The average molecular weight is 374 g/mol. The number of rotatable bonds is 7. The lowest BCUT2D eigenvalue weighted by Crippen LogP contribution is -2.32. The number of halogens is 1. The van der Waals surface area contributed by atoms with Gasteiger partial charge in [-0.15, -0.1) is 0 Å². The van der Waals surface area contributed by atoms with Gasteiger partial charge in [0.15, 0.2) is 0 Å². The zero-order chi connectivity index (χ0) is 19.1. The van der Waals surface area contributed by atoms with Crippen LogP contribution in [0.15, 0.2) is 42.5 Å². The molecule has 0 heterocycles. The van der Waals surface area contributed by atoms with Gasteiger partial charge in [-0.2, -0.15) is 0 Å². The molecule has 6 heteroatoms. The molecule has 5 nitrogen and oxygen atoms in total. The number of carbonyl (C=O) groups excluding carboxylic acids is 2. The SMILES string of the molecule is CCCC(=O)Nc1cccc(N[C@H](C)C(=O)Nc2ccccc2Cl)c1C. The van der Waals surface area contributed by atoms with Crippen LogP contribution in [-0.2, 0) is 9.59 Å². The summed E-state index contributed by atoms with van der Waals surface area (Å²) in [4.78, 5) is 24.3. The third-order valence-electron chi connectivity index (χ3n) is 3.98. The predicted octanol–water partition coefficient (Wildman–Crippen LogP) is 4.83. The normalized spacial score (nSPS) is 11.5. The summed E-state index contributed by atoms with van der Waals surface area (Å²) in [6.07, 6.45) is 1.27. The van der Waals surface area contributed by atoms with Crippen LogP contribution in [0.4, 0.5) is 17.1 Å². The Morgan fingerprint density at radius 1 is 1.00 bits per heavy atom. The van der Waals surface area contributed by atoms with Crippen molar-refractivity contribution < 1.29 is 9.59 Å². The number of hydrogen-bond acceptors (Lipinski definition) is 3. The molecule has 0 spiro atoms. The fraction of sp³-hybridized carbons (Fsp3) is 0.300. The first-order valence-electron chi connectivity index (χ1n) is 8.63. The number of para-hydroxylation sites is 1. The molecule has 0 aliphatic heterocycles. The van der Waals surface area contributed by atoms with Crippen LogP contribution >= 0.6 is 11.6 Å². The first-order chi connectivity index (χ1) is 12.4. The number of hydrogen-bond donors (Lipinski definition) is 3. The first kappa shape index (κ1) is 19.8. The van der Waals surface area contributed by atoms with Crippen LogP contribution in [0.5, 0.6) is 0 Å². The van der Waals surface area contributed by atoms with Gasteiger partial charge in [-0.3, -0.25) is 9.59 Å². The van der Waals surface area contributed by atoms with Crippen molar-refractivity contribution in [2.24, 2.45) is 0 Å². The van der Waals surface area contributed by atoms with E-state index >= 15 is 0 Å². The summed E-state index contributed by atoms with van der Waals surface area (Å²) in [5.41, 5.74) is 2.99. The molecule has 0 aromatic heterocycles. The standard InChI is InChI=1S/C20H24ClN3O2/c1-4-8-19(25)23-17-12-7-11-16(13(17)2)22-14(3)20(26)24-18-10-6-5-9-15(18)21/h5-7,9-12,14,22H,4,8H2,1-3H3,(H,23,25)(H,24,26)/t14-/m1/s1. The lowest BCUT2D eigenvalue weighted by Gasteiger charge is -2.19. The van der Waals surface area contributed by atoms with Gasteiger partial charge in [0.05, 0.1) is 10.7 Å². The lowest BCUT2D eigenvalue weighted by atomic mass is 10.1. The lowest BCUT2D eigenvalue weighted by molar-refractivity contribution is -0.117. The van der Waals surface area contributed by atoms with Crippen LogP contribution in [0.2, 0.25) is 5.02 Å². The molecule has 0 radical (unpaired) electrons. The van der Waals surface area contributed by atoms with Gasteiger partial charge < -0.3 is 16.0 Å². The molecule has 2 aromatic carbocycles. The third-order valence-corrected chi connectivity index (χ3v) is 4.31. The number of amides is 2. The second-order valence-corrected chi connectivity index (χ2v) is 6.52. The highest BCUT2D eigenvalue weighted by Crippen LogP contribution is 2.25. The van der Waals surface area contributed by atoms with E-state index in [4.69, 9.17) is 11.6 Å². The topological polar surface area (TPSA) is 70.2 Å². The van der Waals surface area contributed by atoms with Crippen LogP contribution in [0.25, 0.3) is 0 Å². The van der Waals surface area contributed by atoms with Crippen LogP contribution in [0.3, 0.4) is 0 Å². The Bertz CT molecular complexity index is 792. The molecule has 0 saturated heterocycles. The molecule has 0 aliphatic rings. The molecular weight excluding hydrogens is 350 g/mol. The van der Waals surface area contributed by atoms with Crippen molar-refractivity contribution in [2.75, 3.05) is 16.0 Å². The summed E-state index contributed by atoms with van der Waals surface area (Å²) in [7, 11) is 0. The average Bonchev–Trinajstić information content (AvgIpc) is 2.60. The Kier molecular flexibility index (Phi) is 7.04. The minimum atomic E-state index is -0.480. The van der Waals surface area contributed by atoms with E-state index in [1.807, 2.05) is 38.1 Å². The van der Waals surface area contributed by atoms with Gasteiger partial charge in [0.25, 0.3) is 0 Å². The maximum Gasteiger partial charge on any atom is 0.246 e. The summed E-state index contributed by atoms with van der Waals surface area (Å²) in [5.74, 6) is -0.213. The molecule has 0 saturated carbocycles. The van der Waals surface area contributed by atoms with Crippen molar-refractivity contribution in [1.29, 1.82) is 0 Å². The molecule has 0 bridgehead atoms. The molecule has 26 heavy (non-hydrogen) atoms. The highest BCUT2D eigenvalue weighted by atomic mass is 35.5. The second-order valence-electron chi connectivity index (χ2n) is 6.11. The summed E-state index contributed by atoms with van der Waals surface area (Å²) in [5, 5.41) is 9.39.